The fraction of sp³-hybridized carbons (Fsp3) is 0.263. The monoisotopic (exact) mass is 503 g/mol. The molecule has 0 aliphatic rings. The maximum atomic E-state index is 13.6. The summed E-state index contributed by atoms with van der Waals surface area (Å²) in [4.78, 5) is 32.4. The molecule has 0 saturated carbocycles. The Morgan fingerprint density at radius 1 is 1.22 bits per heavy atom. The van der Waals surface area contributed by atoms with Crippen LogP contribution in [-0.2, 0) is 9.54 Å². The summed E-state index contributed by atoms with van der Waals surface area (Å²) in [6.07, 6.45) is -5.16. The number of aryl methyl sites for hydroxylation is 1. The third kappa shape index (κ3) is 4.42. The number of ketones is 1. The zero-order chi connectivity index (χ0) is 23.7. The minimum absolute atomic E-state index is 0.0101. The summed E-state index contributed by atoms with van der Waals surface area (Å²) >= 11 is 0.854. The Hall–Kier alpha value is -2.35. The van der Waals surface area contributed by atoms with Gasteiger partial charge in [0.25, 0.3) is 5.91 Å². The van der Waals surface area contributed by atoms with Crippen molar-refractivity contribution in [2.24, 2.45) is 5.73 Å². The van der Waals surface area contributed by atoms with Crippen molar-refractivity contribution >= 4 is 57.7 Å². The topological polar surface area (TPSA) is 115 Å². The number of benzene rings is 1. The first kappa shape index (κ1) is 24.3. The number of methoxy groups -OCH3 is 1. The Morgan fingerprint density at radius 3 is 2.53 bits per heavy atom. The first-order chi connectivity index (χ1) is 15.0. The number of carbonyl (C=O) groups is 2. The number of alkyl halides is 3. The molecule has 170 valence electrons. The molecule has 0 saturated heterocycles. The molecule has 2 heterocycles. The lowest BCUT2D eigenvalue weighted by Gasteiger charge is -2.28. The Bertz CT molecular complexity index is 1190. The molecule has 3 N–H and O–H groups in total. The largest absolute Gasteiger partial charge is 0.497 e. The molecule has 0 fully saturated rings. The number of primary amides is 1. The van der Waals surface area contributed by atoms with E-state index in [1.165, 1.54) is 13.2 Å². The normalized spacial score (nSPS) is 13.7. The van der Waals surface area contributed by atoms with Gasteiger partial charge in [-0.15, -0.1) is 11.3 Å². The number of aromatic nitrogens is 2. The van der Waals surface area contributed by atoms with Crippen LogP contribution < -0.4 is 10.5 Å². The molecule has 32 heavy (non-hydrogen) atoms. The van der Waals surface area contributed by atoms with Gasteiger partial charge in [0.2, 0.25) is 4.75 Å². The number of hydrogen-bond acceptors (Lipinski definition) is 9. The van der Waals surface area contributed by atoms with Gasteiger partial charge in [-0.3, -0.25) is 9.59 Å². The highest BCUT2D eigenvalue weighted by atomic mass is 32.2. The molecule has 1 unspecified atom stereocenters. The van der Waals surface area contributed by atoms with Gasteiger partial charge in [-0.2, -0.15) is 13.2 Å². The standard InChI is InChI=1S/C19H16F3N3O4S3/c1-9-24-12-4-3-10(29-2)7-11(12)16(25-9)30-8-13(26)14-5-6-15(31-14)18(32-28,17(23)27)19(20,21)22/h3-7,28H,8H2,1-2H3,(H2,23,27). The summed E-state index contributed by atoms with van der Waals surface area (Å²) in [5.74, 6) is -1.29. The van der Waals surface area contributed by atoms with Crippen LogP contribution in [0.25, 0.3) is 10.9 Å². The molecular weight excluding hydrogens is 487 g/mol. The van der Waals surface area contributed by atoms with Crippen molar-refractivity contribution in [2.75, 3.05) is 12.9 Å². The van der Waals surface area contributed by atoms with Gasteiger partial charge in [0.1, 0.15) is 16.6 Å². The average Bonchev–Trinajstić information content (AvgIpc) is 3.21. The minimum atomic E-state index is -5.16. The molecule has 0 radical (unpaired) electrons. The van der Waals surface area contributed by atoms with Crippen molar-refractivity contribution in [2.45, 2.75) is 22.9 Å². The Morgan fingerprint density at radius 2 is 1.94 bits per heavy atom. The number of hydrogen-bond donors (Lipinski definition) is 2. The molecule has 0 aliphatic heterocycles. The second-order valence-electron chi connectivity index (χ2n) is 6.47. The van der Waals surface area contributed by atoms with Gasteiger partial charge < -0.3 is 15.0 Å². The van der Waals surface area contributed by atoms with Crippen LogP contribution in [0.5, 0.6) is 5.75 Å². The predicted octanol–water partition coefficient (Wildman–Crippen LogP) is 4.43. The minimum Gasteiger partial charge on any atom is -0.497 e. The molecule has 1 aromatic carbocycles. The number of fused-ring (bicyclic) bond motifs is 1. The van der Waals surface area contributed by atoms with Crippen molar-refractivity contribution in [3.63, 3.8) is 0 Å². The number of nitrogens with two attached hydrogens (primary N) is 1. The van der Waals surface area contributed by atoms with Gasteiger partial charge in [-0.25, -0.2) is 9.97 Å². The lowest BCUT2D eigenvalue weighted by Crippen LogP contribution is -2.49. The number of thioether (sulfide) groups is 1. The first-order valence-electron chi connectivity index (χ1n) is 8.81. The molecular formula is C19H16F3N3O4S3. The number of ether oxygens (including phenoxy) is 1. The van der Waals surface area contributed by atoms with Gasteiger partial charge in [-0.1, -0.05) is 11.8 Å². The average molecular weight is 504 g/mol. The lowest BCUT2D eigenvalue weighted by atomic mass is 10.1. The van der Waals surface area contributed by atoms with E-state index in [2.05, 4.69) is 9.97 Å². The van der Waals surface area contributed by atoms with Crippen molar-refractivity contribution in [1.82, 2.24) is 9.97 Å². The lowest BCUT2D eigenvalue weighted by molar-refractivity contribution is -0.171. The zero-order valence-electron chi connectivity index (χ0n) is 16.6. The predicted molar refractivity (Wildman–Crippen MR) is 117 cm³/mol. The SMILES string of the molecule is COc1ccc2nc(C)nc(SCC(=O)c3ccc(C(SO)(C(N)=O)C(F)(F)F)s3)c2c1. The first-order valence-corrected chi connectivity index (χ1v) is 11.4. The Kier molecular flexibility index (Phi) is 7.03. The number of thiophene rings is 1. The number of Topliss-reactive ketones (excluding diaryl/α,β-unsaturated/α-hetero) is 1. The molecule has 0 aliphatic carbocycles. The molecule has 7 nitrogen and oxygen atoms in total. The van der Waals surface area contributed by atoms with E-state index < -0.39 is 39.5 Å². The Balaban J connectivity index is 1.87. The number of rotatable bonds is 8. The van der Waals surface area contributed by atoms with Gasteiger partial charge in [0.15, 0.2) is 5.78 Å². The summed E-state index contributed by atoms with van der Waals surface area (Å²) in [5.41, 5.74) is 5.62. The third-order valence-electron chi connectivity index (χ3n) is 4.43. The van der Waals surface area contributed by atoms with Crippen molar-refractivity contribution < 1.29 is 32.0 Å². The highest BCUT2D eigenvalue weighted by molar-refractivity contribution is 8.00. The molecule has 1 atom stereocenters. The number of carbonyl (C=O) groups excluding carboxylic acids is 2. The number of amides is 1. The van der Waals surface area contributed by atoms with Crippen LogP contribution in [0, 0.1) is 6.92 Å². The summed E-state index contributed by atoms with van der Waals surface area (Å²) in [5, 5.41) is 1.19. The smallest absolute Gasteiger partial charge is 0.419 e. The molecule has 13 heteroatoms. The van der Waals surface area contributed by atoms with Gasteiger partial charge in [0.05, 0.1) is 23.3 Å². The van der Waals surface area contributed by atoms with E-state index in [0.29, 0.717) is 38.8 Å². The van der Waals surface area contributed by atoms with Crippen molar-refractivity contribution in [1.29, 1.82) is 0 Å². The summed E-state index contributed by atoms with van der Waals surface area (Å²) in [6, 6.07) is 7.38. The number of halogens is 3. The molecule has 0 bridgehead atoms. The van der Waals surface area contributed by atoms with E-state index in [9.17, 15) is 27.3 Å². The van der Waals surface area contributed by atoms with Crippen LogP contribution in [0.3, 0.4) is 0 Å². The van der Waals surface area contributed by atoms with E-state index in [1.54, 1.807) is 25.1 Å². The second kappa shape index (κ2) is 9.25. The van der Waals surface area contributed by atoms with Crippen molar-refractivity contribution in [3.05, 3.63) is 45.9 Å². The van der Waals surface area contributed by atoms with Crippen LogP contribution in [0.1, 0.15) is 20.4 Å². The molecule has 3 aromatic rings. The summed E-state index contributed by atoms with van der Waals surface area (Å²) in [6.45, 7) is 1.70. The van der Waals surface area contributed by atoms with E-state index >= 15 is 0 Å². The van der Waals surface area contributed by atoms with Crippen LogP contribution in [0.4, 0.5) is 13.2 Å². The summed E-state index contributed by atoms with van der Waals surface area (Å²) in [7, 11) is 1.51. The zero-order valence-corrected chi connectivity index (χ0v) is 19.0. The van der Waals surface area contributed by atoms with Crippen molar-refractivity contribution in [3.8, 4) is 5.75 Å². The highest BCUT2D eigenvalue weighted by Gasteiger charge is 2.63. The van der Waals surface area contributed by atoms with Crippen LogP contribution >= 0.6 is 35.1 Å². The van der Waals surface area contributed by atoms with E-state index in [4.69, 9.17) is 10.5 Å². The summed E-state index contributed by atoms with van der Waals surface area (Å²) < 4.78 is 51.8. The fourth-order valence-corrected chi connectivity index (χ4v) is 5.53. The van der Waals surface area contributed by atoms with E-state index in [0.717, 1.165) is 17.8 Å². The van der Waals surface area contributed by atoms with Crippen LogP contribution in [0.15, 0.2) is 35.4 Å². The second-order valence-corrected chi connectivity index (χ2v) is 9.31. The van der Waals surface area contributed by atoms with Crippen LogP contribution in [0.2, 0.25) is 0 Å². The van der Waals surface area contributed by atoms with E-state index in [1.807, 2.05) is 0 Å². The Labute approximate surface area is 192 Å². The molecule has 0 spiro atoms. The number of nitrogens with zero attached hydrogens (tertiary/aromatic N) is 2. The highest BCUT2D eigenvalue weighted by Crippen LogP contribution is 2.50. The van der Waals surface area contributed by atoms with Gasteiger partial charge >= 0.3 is 6.18 Å². The molecule has 1 amide bonds. The van der Waals surface area contributed by atoms with E-state index in [-0.39, 0.29) is 10.6 Å². The van der Waals surface area contributed by atoms with Crippen LogP contribution in [-0.4, -0.2) is 45.3 Å². The molecule has 3 rings (SSSR count). The van der Waals surface area contributed by atoms with Gasteiger partial charge in [-0.05, 0) is 37.3 Å². The van der Waals surface area contributed by atoms with Gasteiger partial charge in [0, 0.05) is 22.3 Å². The maximum absolute atomic E-state index is 13.6. The quantitative estimate of drug-likeness (QED) is 0.201. The molecule has 2 aromatic heterocycles. The third-order valence-corrected chi connectivity index (χ3v) is 7.72. The fourth-order valence-electron chi connectivity index (χ4n) is 2.85. The maximum Gasteiger partial charge on any atom is 0.419 e.